The largest absolute Gasteiger partial charge is 0.441 e. The summed E-state index contributed by atoms with van der Waals surface area (Å²) in [7, 11) is 0. The number of nitrogens with zero attached hydrogens (tertiary/aromatic N) is 2. The maximum Gasteiger partial charge on any atom is 0.441 e. The Bertz CT molecular complexity index is 423. The Balaban J connectivity index is 1.93. The number of anilines is 1. The summed E-state index contributed by atoms with van der Waals surface area (Å²) < 4.78 is 36.1. The first-order valence-corrected chi connectivity index (χ1v) is 7.32. The summed E-state index contributed by atoms with van der Waals surface area (Å²) in [5.74, 6) is 0.692. The number of thioether (sulfide) groups is 1. The molecular formula is C12H16F3N3S. The summed E-state index contributed by atoms with van der Waals surface area (Å²) in [6.45, 7) is 0.258. The summed E-state index contributed by atoms with van der Waals surface area (Å²) in [6, 6.07) is 0. The highest BCUT2D eigenvalue weighted by atomic mass is 32.2. The minimum Gasteiger partial charge on any atom is -0.369 e. The van der Waals surface area contributed by atoms with Gasteiger partial charge < -0.3 is 5.32 Å². The third-order valence-electron chi connectivity index (χ3n) is 3.04. The van der Waals surface area contributed by atoms with Gasteiger partial charge >= 0.3 is 5.51 Å². The van der Waals surface area contributed by atoms with E-state index in [0.717, 1.165) is 36.9 Å². The minimum atomic E-state index is -4.16. The monoisotopic (exact) mass is 291 g/mol. The first kappa shape index (κ1) is 14.4. The first-order valence-electron chi connectivity index (χ1n) is 6.33. The molecule has 1 aromatic rings. The molecule has 1 N–H and O–H groups in total. The van der Waals surface area contributed by atoms with Gasteiger partial charge in [0.25, 0.3) is 0 Å². The molecule has 0 amide bonds. The summed E-state index contributed by atoms with van der Waals surface area (Å²) in [5, 5.41) is 3.00. The van der Waals surface area contributed by atoms with Crippen LogP contribution in [0.5, 0.6) is 0 Å². The van der Waals surface area contributed by atoms with Crippen LogP contribution >= 0.6 is 11.8 Å². The van der Waals surface area contributed by atoms with E-state index in [1.165, 1.54) is 12.7 Å². The molecule has 0 radical (unpaired) electrons. The second-order valence-corrected chi connectivity index (χ2v) is 5.59. The number of hydrogen-bond acceptors (Lipinski definition) is 4. The van der Waals surface area contributed by atoms with Crippen LogP contribution in [0.2, 0.25) is 0 Å². The van der Waals surface area contributed by atoms with Crippen molar-refractivity contribution in [2.24, 2.45) is 0 Å². The van der Waals surface area contributed by atoms with Crippen molar-refractivity contribution in [3.8, 4) is 0 Å². The number of hydrogen-bond donors (Lipinski definition) is 1. The van der Waals surface area contributed by atoms with Gasteiger partial charge in [-0.05, 0) is 37.4 Å². The van der Waals surface area contributed by atoms with Crippen LogP contribution in [0.1, 0.15) is 30.5 Å². The molecule has 3 nitrogen and oxygen atoms in total. The van der Waals surface area contributed by atoms with Crippen molar-refractivity contribution in [2.75, 3.05) is 17.6 Å². The number of rotatable bonds is 4. The zero-order valence-electron chi connectivity index (χ0n) is 10.5. The van der Waals surface area contributed by atoms with Crippen molar-refractivity contribution in [3.63, 3.8) is 0 Å². The van der Waals surface area contributed by atoms with Crippen molar-refractivity contribution in [1.82, 2.24) is 9.97 Å². The zero-order chi connectivity index (χ0) is 13.7. The van der Waals surface area contributed by atoms with Gasteiger partial charge in [0, 0.05) is 23.6 Å². The molecule has 1 aliphatic carbocycles. The summed E-state index contributed by atoms with van der Waals surface area (Å²) in [4.78, 5) is 8.43. The summed E-state index contributed by atoms with van der Waals surface area (Å²) in [6.07, 6.45) is 6.71. The van der Waals surface area contributed by atoms with Crippen LogP contribution in [0.15, 0.2) is 6.33 Å². The molecule has 0 aliphatic heterocycles. The lowest BCUT2D eigenvalue weighted by molar-refractivity contribution is -0.0327. The van der Waals surface area contributed by atoms with Gasteiger partial charge in [-0.25, -0.2) is 9.97 Å². The highest BCUT2D eigenvalue weighted by Gasteiger charge is 2.27. The average molecular weight is 291 g/mol. The van der Waals surface area contributed by atoms with Crippen LogP contribution in [-0.4, -0.2) is 27.8 Å². The van der Waals surface area contributed by atoms with Crippen molar-refractivity contribution < 1.29 is 13.2 Å². The van der Waals surface area contributed by atoms with E-state index in [4.69, 9.17) is 0 Å². The molecule has 0 unspecified atom stereocenters. The Morgan fingerprint density at radius 1 is 1.16 bits per heavy atom. The molecule has 0 atom stereocenters. The van der Waals surface area contributed by atoms with Gasteiger partial charge in [-0.2, -0.15) is 13.2 Å². The maximum atomic E-state index is 12.0. The smallest absolute Gasteiger partial charge is 0.369 e. The van der Waals surface area contributed by atoms with E-state index >= 15 is 0 Å². The Morgan fingerprint density at radius 2 is 1.95 bits per heavy atom. The molecule has 0 fully saturated rings. The van der Waals surface area contributed by atoms with Crippen LogP contribution in [0.3, 0.4) is 0 Å². The summed E-state index contributed by atoms with van der Waals surface area (Å²) in [5.41, 5.74) is -2.04. The highest BCUT2D eigenvalue weighted by Crippen LogP contribution is 2.30. The van der Waals surface area contributed by atoms with E-state index in [9.17, 15) is 13.2 Å². The molecule has 0 aromatic carbocycles. The number of aromatic nitrogens is 2. The van der Waals surface area contributed by atoms with Crippen LogP contribution < -0.4 is 5.32 Å². The van der Waals surface area contributed by atoms with Crippen LogP contribution in [0.4, 0.5) is 19.0 Å². The second kappa shape index (κ2) is 6.45. The predicted octanol–water partition coefficient (Wildman–Crippen LogP) is 3.41. The molecule has 1 aliphatic rings. The maximum absolute atomic E-state index is 12.0. The molecule has 2 rings (SSSR count). The molecule has 1 aromatic heterocycles. The van der Waals surface area contributed by atoms with Gasteiger partial charge in [-0.3, -0.25) is 0 Å². The van der Waals surface area contributed by atoms with Crippen LogP contribution in [0, 0.1) is 0 Å². The van der Waals surface area contributed by atoms with E-state index in [2.05, 4.69) is 15.3 Å². The van der Waals surface area contributed by atoms with E-state index in [1.54, 1.807) is 0 Å². The lowest BCUT2D eigenvalue weighted by Crippen LogP contribution is -2.13. The molecule has 106 valence electrons. The van der Waals surface area contributed by atoms with E-state index in [1.807, 2.05) is 0 Å². The molecular weight excluding hydrogens is 275 g/mol. The van der Waals surface area contributed by atoms with Gasteiger partial charge in [0.1, 0.15) is 12.1 Å². The SMILES string of the molecule is FC(F)(F)SCCNc1ncnc2c1CCCCC2. The first-order chi connectivity index (χ1) is 9.06. The van der Waals surface area contributed by atoms with Crippen molar-refractivity contribution in [2.45, 2.75) is 37.6 Å². The Labute approximate surface area is 114 Å². The van der Waals surface area contributed by atoms with Gasteiger partial charge in [-0.1, -0.05) is 6.42 Å². The lowest BCUT2D eigenvalue weighted by Gasteiger charge is -2.12. The molecule has 0 bridgehead atoms. The third-order valence-corrected chi connectivity index (χ3v) is 3.77. The molecule has 1 heterocycles. The standard InChI is InChI=1S/C12H16F3N3S/c13-12(14,15)19-7-6-16-11-9-4-2-1-3-5-10(9)17-8-18-11/h8H,1-7H2,(H,16,17,18). The number of fused-ring (bicyclic) bond motifs is 1. The third kappa shape index (κ3) is 4.56. The topological polar surface area (TPSA) is 37.8 Å². The second-order valence-electron chi connectivity index (χ2n) is 4.43. The van der Waals surface area contributed by atoms with Crippen molar-refractivity contribution in [1.29, 1.82) is 0 Å². The fourth-order valence-corrected chi connectivity index (χ4v) is 2.62. The molecule has 7 heteroatoms. The fourth-order valence-electron chi connectivity index (χ4n) is 2.19. The van der Waals surface area contributed by atoms with Gasteiger partial charge in [0.15, 0.2) is 0 Å². The van der Waals surface area contributed by atoms with E-state index < -0.39 is 5.51 Å². The Kier molecular flexibility index (Phi) is 4.90. The van der Waals surface area contributed by atoms with Crippen molar-refractivity contribution in [3.05, 3.63) is 17.6 Å². The molecule has 0 saturated carbocycles. The van der Waals surface area contributed by atoms with Gasteiger partial charge in [0.2, 0.25) is 0 Å². The predicted molar refractivity (Wildman–Crippen MR) is 70.3 cm³/mol. The normalized spacial score (nSPS) is 15.7. The fraction of sp³-hybridized carbons (Fsp3) is 0.667. The molecule has 19 heavy (non-hydrogen) atoms. The van der Waals surface area contributed by atoms with E-state index in [-0.39, 0.29) is 24.1 Å². The Hall–Kier alpha value is -0.980. The van der Waals surface area contributed by atoms with E-state index in [0.29, 0.717) is 5.82 Å². The zero-order valence-corrected chi connectivity index (χ0v) is 11.3. The quantitative estimate of drug-likeness (QED) is 0.681. The molecule has 0 saturated heterocycles. The van der Waals surface area contributed by atoms with Gasteiger partial charge in [0.05, 0.1) is 0 Å². The average Bonchev–Trinajstić information content (AvgIpc) is 2.59. The number of halogens is 3. The summed E-state index contributed by atoms with van der Waals surface area (Å²) >= 11 is -0.0116. The highest BCUT2D eigenvalue weighted by molar-refractivity contribution is 8.00. The van der Waals surface area contributed by atoms with Gasteiger partial charge in [-0.15, -0.1) is 0 Å². The van der Waals surface area contributed by atoms with Crippen LogP contribution in [-0.2, 0) is 12.8 Å². The Morgan fingerprint density at radius 3 is 2.74 bits per heavy atom. The number of nitrogens with one attached hydrogen (secondary N) is 1. The van der Waals surface area contributed by atoms with Crippen molar-refractivity contribution >= 4 is 17.6 Å². The van der Waals surface area contributed by atoms with Crippen LogP contribution in [0.25, 0.3) is 0 Å². The lowest BCUT2D eigenvalue weighted by atomic mass is 10.1. The minimum absolute atomic E-state index is 0.0116. The number of alkyl halides is 3. The number of aryl methyl sites for hydroxylation is 1. The molecule has 0 spiro atoms.